The lowest BCUT2D eigenvalue weighted by molar-refractivity contribution is 0.0697. The molecule has 0 saturated carbocycles. The summed E-state index contributed by atoms with van der Waals surface area (Å²) < 4.78 is 2.41. The second-order valence-corrected chi connectivity index (χ2v) is 9.91. The average Bonchev–Trinajstić information content (AvgIpc) is 3.31. The maximum atomic E-state index is 11.4. The van der Waals surface area contributed by atoms with E-state index in [2.05, 4.69) is 53.2 Å². The Morgan fingerprint density at radius 2 is 1.61 bits per heavy atom. The predicted octanol–water partition coefficient (Wildman–Crippen LogP) is 6.90. The molecule has 0 aliphatic heterocycles. The van der Waals surface area contributed by atoms with Gasteiger partial charge in [-0.25, -0.2) is 14.8 Å². The molecule has 0 saturated heterocycles. The first-order chi connectivity index (χ1) is 18.6. The van der Waals surface area contributed by atoms with Crippen LogP contribution in [0.3, 0.4) is 0 Å². The second-order valence-electron chi connectivity index (χ2n) is 9.91. The molecule has 190 valence electrons. The number of carboxylic acids is 1. The van der Waals surface area contributed by atoms with Crippen molar-refractivity contribution in [3.05, 3.63) is 113 Å². The minimum atomic E-state index is -0.948. The number of nitrogens with zero attached hydrogens (tertiary/aromatic N) is 3. The summed E-state index contributed by atoms with van der Waals surface area (Å²) in [5, 5.41) is 14.1. The number of benzene rings is 3. The Kier molecular flexibility index (Phi) is 6.38. The van der Waals surface area contributed by atoms with Gasteiger partial charge in [-0.15, -0.1) is 0 Å². The average molecular weight is 503 g/mol. The van der Waals surface area contributed by atoms with Gasteiger partial charge in [-0.3, -0.25) is 0 Å². The van der Waals surface area contributed by atoms with Crippen LogP contribution in [0.1, 0.15) is 58.5 Å². The maximum Gasteiger partial charge on any atom is 0.335 e. The molecule has 38 heavy (non-hydrogen) atoms. The van der Waals surface area contributed by atoms with E-state index in [1.54, 1.807) is 24.3 Å². The van der Waals surface area contributed by atoms with Crippen LogP contribution in [-0.4, -0.2) is 25.6 Å². The number of carboxylic acid groups (broad SMARTS) is 1. The van der Waals surface area contributed by atoms with Crippen molar-refractivity contribution in [1.82, 2.24) is 14.5 Å². The molecule has 2 heterocycles. The standard InChI is InChI=1S/C32H30N4O2/c1-21(23-12-6-3-7-13-23)36-27-15-9-8-14-26(27)28-30(33-20-22-10-4-2-5-11-22)34-29(35-31(28)36)24-16-18-25(19-17-24)32(37)38/h2-7,10-13,16-19,21H,8-9,14-15,20H2,1H3,(H,37,38)(H,33,34,35). The Hall–Kier alpha value is -4.45. The summed E-state index contributed by atoms with van der Waals surface area (Å²) in [4.78, 5) is 21.6. The van der Waals surface area contributed by atoms with Gasteiger partial charge >= 0.3 is 5.97 Å². The van der Waals surface area contributed by atoms with Crippen LogP contribution in [0, 0.1) is 0 Å². The number of nitrogens with one attached hydrogen (secondary N) is 1. The second kappa shape index (κ2) is 10.1. The van der Waals surface area contributed by atoms with Gasteiger partial charge < -0.3 is 15.0 Å². The van der Waals surface area contributed by atoms with Crippen molar-refractivity contribution in [2.24, 2.45) is 0 Å². The highest BCUT2D eigenvalue weighted by molar-refractivity contribution is 5.94. The first kappa shape index (κ1) is 23.9. The lowest BCUT2D eigenvalue weighted by atomic mass is 9.95. The minimum absolute atomic E-state index is 0.111. The molecule has 3 aromatic carbocycles. The summed E-state index contributed by atoms with van der Waals surface area (Å²) in [5.74, 6) is 0.464. The molecule has 2 aromatic heterocycles. The van der Waals surface area contributed by atoms with Crippen LogP contribution in [0.25, 0.3) is 22.4 Å². The summed E-state index contributed by atoms with van der Waals surface area (Å²) in [6.07, 6.45) is 4.34. The van der Waals surface area contributed by atoms with Gasteiger partial charge in [0.25, 0.3) is 0 Å². The topological polar surface area (TPSA) is 80.0 Å². The zero-order valence-electron chi connectivity index (χ0n) is 21.4. The molecule has 0 bridgehead atoms. The zero-order chi connectivity index (χ0) is 26.1. The molecule has 0 amide bonds. The van der Waals surface area contributed by atoms with Gasteiger partial charge in [0.05, 0.1) is 17.0 Å². The largest absolute Gasteiger partial charge is 0.478 e. The van der Waals surface area contributed by atoms with Gasteiger partial charge in [0.1, 0.15) is 11.5 Å². The van der Waals surface area contributed by atoms with Crippen molar-refractivity contribution in [2.45, 2.75) is 45.2 Å². The van der Waals surface area contributed by atoms with Gasteiger partial charge in [-0.1, -0.05) is 72.8 Å². The number of aryl methyl sites for hydroxylation is 1. The van der Waals surface area contributed by atoms with Crippen LogP contribution in [0.15, 0.2) is 84.9 Å². The first-order valence-corrected chi connectivity index (χ1v) is 13.2. The molecular weight excluding hydrogens is 472 g/mol. The molecule has 1 aliphatic carbocycles. The van der Waals surface area contributed by atoms with Gasteiger partial charge in [-0.05, 0) is 61.4 Å². The number of rotatable bonds is 7. The number of aromatic nitrogens is 3. The number of fused-ring (bicyclic) bond motifs is 3. The van der Waals surface area contributed by atoms with E-state index in [1.807, 2.05) is 24.3 Å². The summed E-state index contributed by atoms with van der Waals surface area (Å²) in [7, 11) is 0. The van der Waals surface area contributed by atoms with Crippen LogP contribution in [-0.2, 0) is 19.4 Å². The molecule has 6 heteroatoms. The van der Waals surface area contributed by atoms with E-state index in [9.17, 15) is 9.90 Å². The lowest BCUT2D eigenvalue weighted by Crippen LogP contribution is -2.13. The fourth-order valence-electron chi connectivity index (χ4n) is 5.55. The normalized spacial score (nSPS) is 13.7. The fourth-order valence-corrected chi connectivity index (χ4v) is 5.55. The van der Waals surface area contributed by atoms with E-state index in [4.69, 9.17) is 9.97 Å². The van der Waals surface area contributed by atoms with Gasteiger partial charge in [0, 0.05) is 17.8 Å². The highest BCUT2D eigenvalue weighted by Crippen LogP contribution is 2.39. The lowest BCUT2D eigenvalue weighted by Gasteiger charge is -2.21. The van der Waals surface area contributed by atoms with E-state index < -0.39 is 5.97 Å². The van der Waals surface area contributed by atoms with Crippen molar-refractivity contribution in [3.63, 3.8) is 0 Å². The fraction of sp³-hybridized carbons (Fsp3) is 0.219. The molecule has 6 nitrogen and oxygen atoms in total. The summed E-state index contributed by atoms with van der Waals surface area (Å²) in [6.45, 7) is 2.89. The van der Waals surface area contributed by atoms with Crippen LogP contribution >= 0.6 is 0 Å². The number of anilines is 1. The Balaban J connectivity index is 1.55. The van der Waals surface area contributed by atoms with Gasteiger partial charge in [-0.2, -0.15) is 0 Å². The number of aromatic carboxylic acids is 1. The summed E-state index contributed by atoms with van der Waals surface area (Å²) >= 11 is 0. The smallest absolute Gasteiger partial charge is 0.335 e. The number of hydrogen-bond donors (Lipinski definition) is 2. The highest BCUT2D eigenvalue weighted by Gasteiger charge is 2.27. The Morgan fingerprint density at radius 1 is 0.921 bits per heavy atom. The quantitative estimate of drug-likeness (QED) is 0.253. The number of carbonyl (C=O) groups is 1. The van der Waals surface area contributed by atoms with Crippen molar-refractivity contribution in [1.29, 1.82) is 0 Å². The maximum absolute atomic E-state index is 11.4. The predicted molar refractivity (Wildman–Crippen MR) is 151 cm³/mol. The van der Waals surface area contributed by atoms with Crippen molar-refractivity contribution < 1.29 is 9.90 Å². The van der Waals surface area contributed by atoms with Gasteiger partial charge in [0.15, 0.2) is 5.82 Å². The summed E-state index contributed by atoms with van der Waals surface area (Å²) in [5.41, 5.74) is 7.07. The van der Waals surface area contributed by atoms with Crippen molar-refractivity contribution in [2.75, 3.05) is 5.32 Å². The third-order valence-corrected chi connectivity index (χ3v) is 7.51. The molecule has 0 spiro atoms. The molecule has 1 atom stereocenters. The van der Waals surface area contributed by atoms with Crippen LogP contribution < -0.4 is 5.32 Å². The molecule has 0 radical (unpaired) electrons. The Bertz CT molecular complexity index is 1590. The molecule has 1 unspecified atom stereocenters. The third-order valence-electron chi connectivity index (χ3n) is 7.51. The molecule has 5 aromatic rings. The minimum Gasteiger partial charge on any atom is -0.478 e. The molecule has 1 aliphatic rings. The van der Waals surface area contributed by atoms with Crippen LogP contribution in [0.4, 0.5) is 5.82 Å². The third kappa shape index (κ3) is 4.43. The van der Waals surface area contributed by atoms with E-state index in [1.165, 1.54) is 22.4 Å². The molecule has 0 fully saturated rings. The first-order valence-electron chi connectivity index (χ1n) is 13.2. The summed E-state index contributed by atoms with van der Waals surface area (Å²) in [6, 6.07) is 27.8. The molecule has 2 N–H and O–H groups in total. The number of hydrogen-bond acceptors (Lipinski definition) is 4. The molecular formula is C32H30N4O2. The monoisotopic (exact) mass is 502 g/mol. The van der Waals surface area contributed by atoms with Crippen molar-refractivity contribution >= 4 is 22.8 Å². The van der Waals surface area contributed by atoms with Gasteiger partial charge in [0.2, 0.25) is 0 Å². The van der Waals surface area contributed by atoms with E-state index in [0.29, 0.717) is 12.4 Å². The SMILES string of the molecule is CC(c1ccccc1)n1c2c(c3c(NCc4ccccc4)nc(-c4ccc(C(=O)O)cc4)nc31)CCCC2. The highest BCUT2D eigenvalue weighted by atomic mass is 16.4. The van der Waals surface area contributed by atoms with E-state index in [0.717, 1.165) is 48.1 Å². The van der Waals surface area contributed by atoms with Crippen LogP contribution in [0.2, 0.25) is 0 Å². The Labute approximate surface area is 222 Å². The van der Waals surface area contributed by atoms with E-state index >= 15 is 0 Å². The molecule has 6 rings (SSSR count). The van der Waals surface area contributed by atoms with Crippen LogP contribution in [0.5, 0.6) is 0 Å². The Morgan fingerprint density at radius 3 is 2.32 bits per heavy atom. The van der Waals surface area contributed by atoms with Crippen molar-refractivity contribution in [3.8, 4) is 11.4 Å². The van der Waals surface area contributed by atoms with E-state index in [-0.39, 0.29) is 11.6 Å². The zero-order valence-corrected chi connectivity index (χ0v) is 21.4.